The number of allylic oxidation sites excluding steroid dienone is 1. The van der Waals surface area contributed by atoms with Crippen LogP contribution in [-0.4, -0.2) is 18.4 Å². The number of ether oxygens (including phenoxy) is 1. The monoisotopic (exact) mass is 224 g/mol. The van der Waals surface area contributed by atoms with E-state index in [1.54, 1.807) is 6.92 Å². The lowest BCUT2D eigenvalue weighted by molar-refractivity contribution is -0.139. The molecule has 1 rings (SSSR count). The molecule has 0 aliphatic heterocycles. The minimum atomic E-state index is -0.472. The maximum absolute atomic E-state index is 11.5. The molecule has 0 unspecified atom stereocenters. The van der Waals surface area contributed by atoms with Crippen LogP contribution in [0.25, 0.3) is 0 Å². The van der Waals surface area contributed by atoms with E-state index < -0.39 is 5.97 Å². The third-order valence-electron chi connectivity index (χ3n) is 2.93. The van der Waals surface area contributed by atoms with Gasteiger partial charge in [0.05, 0.1) is 12.2 Å². The highest BCUT2D eigenvalue weighted by Gasteiger charge is 2.19. The summed E-state index contributed by atoms with van der Waals surface area (Å²) in [6.45, 7) is 3.48. The van der Waals surface area contributed by atoms with Crippen LogP contribution < -0.4 is 0 Å². The molecule has 0 radical (unpaired) electrons. The van der Waals surface area contributed by atoms with Crippen molar-refractivity contribution in [3.05, 3.63) is 11.6 Å². The van der Waals surface area contributed by atoms with Crippen LogP contribution in [0.1, 0.15) is 46.0 Å². The average Bonchev–Trinajstić information content (AvgIpc) is 2.27. The van der Waals surface area contributed by atoms with Crippen molar-refractivity contribution >= 4 is 11.8 Å². The van der Waals surface area contributed by atoms with Gasteiger partial charge in [0.25, 0.3) is 0 Å². The van der Waals surface area contributed by atoms with E-state index >= 15 is 0 Å². The van der Waals surface area contributed by atoms with Crippen molar-refractivity contribution in [2.75, 3.05) is 6.61 Å². The first-order chi connectivity index (χ1) is 7.65. The second-order valence-corrected chi connectivity index (χ2v) is 4.26. The van der Waals surface area contributed by atoms with E-state index in [0.717, 1.165) is 12.8 Å². The zero-order chi connectivity index (χ0) is 12.0. The molecule has 0 aromatic carbocycles. The molecule has 0 N–H and O–H groups in total. The highest BCUT2D eigenvalue weighted by atomic mass is 16.5. The van der Waals surface area contributed by atoms with E-state index in [1.165, 1.54) is 26.2 Å². The molecule has 90 valence electrons. The molecule has 0 atom stereocenters. The summed E-state index contributed by atoms with van der Waals surface area (Å²) in [4.78, 5) is 22.9. The van der Waals surface area contributed by atoms with Crippen molar-refractivity contribution in [3.63, 3.8) is 0 Å². The minimum absolute atomic E-state index is 0.191. The fraction of sp³-hybridized carbons (Fsp3) is 0.692. The molecule has 1 aliphatic carbocycles. The van der Waals surface area contributed by atoms with Crippen molar-refractivity contribution in [1.82, 2.24) is 0 Å². The standard InChI is InChI=1S/C13H20O3/c1-3-16-13(15)12(10(2)14)9-11-7-5-4-6-8-11/h9,11H,3-8H2,1-2H3/b12-9+. The summed E-state index contributed by atoms with van der Waals surface area (Å²) < 4.78 is 4.88. The van der Waals surface area contributed by atoms with Gasteiger partial charge in [-0.3, -0.25) is 4.79 Å². The molecular weight excluding hydrogens is 204 g/mol. The largest absolute Gasteiger partial charge is 0.462 e. The lowest BCUT2D eigenvalue weighted by Gasteiger charge is -2.18. The lowest BCUT2D eigenvalue weighted by atomic mass is 9.87. The molecule has 0 amide bonds. The smallest absolute Gasteiger partial charge is 0.341 e. The first-order valence-electron chi connectivity index (χ1n) is 6.05. The van der Waals surface area contributed by atoms with Crippen LogP contribution in [0.2, 0.25) is 0 Å². The van der Waals surface area contributed by atoms with Crippen molar-refractivity contribution < 1.29 is 14.3 Å². The van der Waals surface area contributed by atoms with Gasteiger partial charge in [-0.2, -0.15) is 0 Å². The fourth-order valence-corrected chi connectivity index (χ4v) is 2.07. The van der Waals surface area contributed by atoms with Gasteiger partial charge >= 0.3 is 5.97 Å². The number of rotatable bonds is 4. The molecule has 3 nitrogen and oxygen atoms in total. The third-order valence-corrected chi connectivity index (χ3v) is 2.93. The summed E-state index contributed by atoms with van der Waals surface area (Å²) in [5.74, 6) is -0.290. The van der Waals surface area contributed by atoms with Gasteiger partial charge in [0.2, 0.25) is 0 Å². The summed E-state index contributed by atoms with van der Waals surface area (Å²) in [5.41, 5.74) is 0.230. The Balaban J connectivity index is 2.71. The number of Topliss-reactive ketones (excluding diaryl/α,β-unsaturated/α-hetero) is 1. The Labute approximate surface area is 96.9 Å². The van der Waals surface area contributed by atoms with Gasteiger partial charge in [-0.1, -0.05) is 25.3 Å². The number of hydrogen-bond acceptors (Lipinski definition) is 3. The molecule has 0 spiro atoms. The Morgan fingerprint density at radius 3 is 2.38 bits per heavy atom. The molecule has 1 fully saturated rings. The molecule has 0 heterocycles. The minimum Gasteiger partial charge on any atom is -0.462 e. The van der Waals surface area contributed by atoms with Crippen LogP contribution >= 0.6 is 0 Å². The summed E-state index contributed by atoms with van der Waals surface area (Å²) in [6.07, 6.45) is 7.62. The predicted molar refractivity (Wildman–Crippen MR) is 62.0 cm³/mol. The maximum atomic E-state index is 11.5. The van der Waals surface area contributed by atoms with Crippen LogP contribution in [0.5, 0.6) is 0 Å². The first kappa shape index (κ1) is 12.9. The van der Waals surface area contributed by atoms with Crippen molar-refractivity contribution in [1.29, 1.82) is 0 Å². The lowest BCUT2D eigenvalue weighted by Crippen LogP contribution is -2.16. The molecule has 16 heavy (non-hydrogen) atoms. The van der Waals surface area contributed by atoms with Crippen molar-refractivity contribution in [2.24, 2.45) is 5.92 Å². The van der Waals surface area contributed by atoms with Gasteiger partial charge < -0.3 is 4.74 Å². The number of ketones is 1. The summed E-state index contributed by atoms with van der Waals surface area (Å²) in [6, 6.07) is 0. The predicted octanol–water partition coefficient (Wildman–Crippen LogP) is 2.65. The van der Waals surface area contributed by atoms with E-state index in [-0.39, 0.29) is 11.4 Å². The number of carbonyl (C=O) groups is 2. The molecule has 0 aromatic heterocycles. The Morgan fingerprint density at radius 1 is 1.25 bits per heavy atom. The molecule has 0 aromatic rings. The van der Waals surface area contributed by atoms with E-state index in [0.29, 0.717) is 12.5 Å². The second-order valence-electron chi connectivity index (χ2n) is 4.26. The van der Waals surface area contributed by atoms with Crippen LogP contribution in [0, 0.1) is 5.92 Å². The van der Waals surface area contributed by atoms with E-state index in [9.17, 15) is 9.59 Å². The topological polar surface area (TPSA) is 43.4 Å². The molecule has 0 bridgehead atoms. The van der Waals surface area contributed by atoms with Gasteiger partial charge in [-0.25, -0.2) is 4.79 Å². The highest BCUT2D eigenvalue weighted by molar-refractivity contribution is 6.16. The van der Waals surface area contributed by atoms with Crippen LogP contribution in [0.4, 0.5) is 0 Å². The fourth-order valence-electron chi connectivity index (χ4n) is 2.07. The molecular formula is C13H20O3. The van der Waals surface area contributed by atoms with Crippen molar-refractivity contribution in [3.8, 4) is 0 Å². The highest BCUT2D eigenvalue weighted by Crippen LogP contribution is 2.26. The van der Waals surface area contributed by atoms with Crippen molar-refractivity contribution in [2.45, 2.75) is 46.0 Å². The maximum Gasteiger partial charge on any atom is 0.341 e. The van der Waals surface area contributed by atoms with Gasteiger partial charge in [0.1, 0.15) is 0 Å². The Bertz CT molecular complexity index is 286. The van der Waals surface area contributed by atoms with Gasteiger partial charge in [-0.05, 0) is 32.6 Å². The van der Waals surface area contributed by atoms with Crippen LogP contribution in [-0.2, 0) is 14.3 Å². The molecule has 3 heteroatoms. The van der Waals surface area contributed by atoms with Gasteiger partial charge in [-0.15, -0.1) is 0 Å². The quantitative estimate of drug-likeness (QED) is 0.319. The van der Waals surface area contributed by atoms with Crippen LogP contribution in [0.15, 0.2) is 11.6 Å². The normalized spacial score (nSPS) is 18.2. The molecule has 0 saturated heterocycles. The zero-order valence-corrected chi connectivity index (χ0v) is 10.1. The second kappa shape index (κ2) is 6.46. The van der Waals surface area contributed by atoms with Gasteiger partial charge in [0, 0.05) is 0 Å². The summed E-state index contributed by atoms with van der Waals surface area (Å²) in [5, 5.41) is 0. The average molecular weight is 224 g/mol. The number of hydrogen-bond donors (Lipinski definition) is 0. The number of carbonyl (C=O) groups excluding carboxylic acids is 2. The van der Waals surface area contributed by atoms with Gasteiger partial charge in [0.15, 0.2) is 5.78 Å². The first-order valence-corrected chi connectivity index (χ1v) is 6.05. The van der Waals surface area contributed by atoms with E-state index in [1.807, 2.05) is 6.08 Å². The Hall–Kier alpha value is -1.12. The Morgan fingerprint density at radius 2 is 1.88 bits per heavy atom. The number of esters is 1. The van der Waals surface area contributed by atoms with E-state index in [4.69, 9.17) is 4.74 Å². The van der Waals surface area contributed by atoms with E-state index in [2.05, 4.69) is 0 Å². The zero-order valence-electron chi connectivity index (χ0n) is 10.1. The molecule has 1 aliphatic rings. The summed E-state index contributed by atoms with van der Waals surface area (Å²) >= 11 is 0. The summed E-state index contributed by atoms with van der Waals surface area (Å²) in [7, 11) is 0. The van der Waals surface area contributed by atoms with Crippen LogP contribution in [0.3, 0.4) is 0 Å². The Kier molecular flexibility index (Phi) is 5.23. The SMILES string of the molecule is CCOC(=O)/C(=C/C1CCCCC1)C(C)=O. The third kappa shape index (κ3) is 3.80. The molecule has 1 saturated carbocycles.